The highest BCUT2D eigenvalue weighted by atomic mass is 32.1. The Hall–Kier alpha value is -1.55. The fraction of sp³-hybridized carbons (Fsp3) is 0.462. The van der Waals surface area contributed by atoms with Crippen molar-refractivity contribution in [2.75, 3.05) is 19.8 Å². The highest BCUT2D eigenvalue weighted by molar-refractivity contribution is 7.10. The molecule has 102 valence electrons. The quantitative estimate of drug-likeness (QED) is 0.711. The first-order chi connectivity index (χ1) is 9.28. The van der Waals surface area contributed by atoms with Gasteiger partial charge in [0, 0.05) is 22.4 Å². The van der Waals surface area contributed by atoms with E-state index in [0.29, 0.717) is 19.7 Å². The van der Waals surface area contributed by atoms with Gasteiger partial charge in [0.2, 0.25) is 0 Å². The van der Waals surface area contributed by atoms with Crippen molar-refractivity contribution in [2.45, 2.75) is 19.0 Å². The van der Waals surface area contributed by atoms with Crippen LogP contribution in [0.25, 0.3) is 0 Å². The van der Waals surface area contributed by atoms with Crippen LogP contribution < -0.4 is 16.4 Å². The zero-order chi connectivity index (χ0) is 13.5. The van der Waals surface area contributed by atoms with Crippen LogP contribution in [0.4, 0.5) is 4.79 Å². The minimum Gasteiger partial charge on any atom is -0.379 e. The van der Waals surface area contributed by atoms with Crippen LogP contribution in [0.2, 0.25) is 0 Å². The molecule has 0 radical (unpaired) electrons. The second-order valence-electron chi connectivity index (χ2n) is 4.20. The number of amides is 2. The molecule has 1 aliphatic heterocycles. The van der Waals surface area contributed by atoms with Crippen molar-refractivity contribution in [3.63, 3.8) is 0 Å². The van der Waals surface area contributed by atoms with Crippen LogP contribution in [0.1, 0.15) is 16.9 Å². The number of rotatable bonds is 3. The lowest BCUT2D eigenvalue weighted by Gasteiger charge is -2.11. The maximum atomic E-state index is 11.6. The number of hydrogen-bond donors (Lipinski definition) is 3. The summed E-state index contributed by atoms with van der Waals surface area (Å²) in [5.41, 5.74) is 6.26. The molecule has 19 heavy (non-hydrogen) atoms. The van der Waals surface area contributed by atoms with E-state index in [0.717, 1.165) is 23.5 Å². The first-order valence-electron chi connectivity index (χ1n) is 6.16. The van der Waals surface area contributed by atoms with Gasteiger partial charge < -0.3 is 21.1 Å². The Morgan fingerprint density at radius 1 is 1.63 bits per heavy atom. The third-order valence-corrected chi connectivity index (χ3v) is 3.61. The molecule has 0 aliphatic carbocycles. The molecule has 0 aromatic carbocycles. The molecular weight excluding hydrogens is 262 g/mol. The summed E-state index contributed by atoms with van der Waals surface area (Å²) in [4.78, 5) is 12.7. The summed E-state index contributed by atoms with van der Waals surface area (Å²) < 4.78 is 5.20. The van der Waals surface area contributed by atoms with Crippen LogP contribution in [0.3, 0.4) is 0 Å². The predicted molar refractivity (Wildman–Crippen MR) is 74.8 cm³/mol. The molecule has 2 rings (SSSR count). The summed E-state index contributed by atoms with van der Waals surface area (Å²) in [5, 5.41) is 7.66. The molecule has 0 bridgehead atoms. The average molecular weight is 279 g/mol. The minimum absolute atomic E-state index is 0.134. The molecule has 1 aromatic heterocycles. The lowest BCUT2D eigenvalue weighted by atomic mass is 10.3. The summed E-state index contributed by atoms with van der Waals surface area (Å²) >= 11 is 1.57. The SMILES string of the molecule is NCC#Cc1csc(CNC(=O)NC2CCOC2)c1. The molecule has 1 unspecified atom stereocenters. The van der Waals surface area contributed by atoms with E-state index in [1.54, 1.807) is 11.3 Å². The van der Waals surface area contributed by atoms with Gasteiger partial charge in [0.25, 0.3) is 0 Å². The van der Waals surface area contributed by atoms with Gasteiger partial charge in [-0.2, -0.15) is 0 Å². The van der Waals surface area contributed by atoms with Crippen LogP contribution in [-0.4, -0.2) is 31.8 Å². The van der Waals surface area contributed by atoms with Crippen molar-refractivity contribution in [3.05, 3.63) is 21.9 Å². The Bertz CT molecular complexity index is 484. The number of carbonyl (C=O) groups excluding carboxylic acids is 1. The van der Waals surface area contributed by atoms with E-state index in [4.69, 9.17) is 10.5 Å². The van der Waals surface area contributed by atoms with E-state index in [1.165, 1.54) is 0 Å². The third kappa shape index (κ3) is 4.56. The summed E-state index contributed by atoms with van der Waals surface area (Å²) in [6, 6.07) is 1.94. The normalized spacial score (nSPS) is 17.6. The Balaban J connectivity index is 1.75. The van der Waals surface area contributed by atoms with Crippen molar-refractivity contribution >= 4 is 17.4 Å². The fourth-order valence-corrected chi connectivity index (χ4v) is 2.50. The van der Waals surface area contributed by atoms with Gasteiger partial charge in [-0.15, -0.1) is 11.3 Å². The molecule has 2 amide bonds. The molecule has 4 N–H and O–H groups in total. The predicted octanol–water partition coefficient (Wildman–Crippen LogP) is 0.646. The molecule has 6 heteroatoms. The van der Waals surface area contributed by atoms with E-state index in [2.05, 4.69) is 22.5 Å². The molecule has 1 aliphatic rings. The van der Waals surface area contributed by atoms with Gasteiger partial charge in [0.15, 0.2) is 0 Å². The summed E-state index contributed by atoms with van der Waals surface area (Å²) in [5.74, 6) is 5.76. The lowest BCUT2D eigenvalue weighted by Crippen LogP contribution is -2.41. The highest BCUT2D eigenvalue weighted by Crippen LogP contribution is 2.13. The van der Waals surface area contributed by atoms with Crippen LogP contribution in [0.15, 0.2) is 11.4 Å². The summed E-state index contributed by atoms with van der Waals surface area (Å²) in [6.45, 7) is 2.19. The highest BCUT2D eigenvalue weighted by Gasteiger charge is 2.17. The topological polar surface area (TPSA) is 76.4 Å². The van der Waals surface area contributed by atoms with E-state index in [9.17, 15) is 4.79 Å². The van der Waals surface area contributed by atoms with Gasteiger partial charge >= 0.3 is 6.03 Å². The Morgan fingerprint density at radius 3 is 3.26 bits per heavy atom. The van der Waals surface area contributed by atoms with E-state index >= 15 is 0 Å². The van der Waals surface area contributed by atoms with Crippen molar-refractivity contribution < 1.29 is 9.53 Å². The smallest absolute Gasteiger partial charge is 0.315 e. The van der Waals surface area contributed by atoms with E-state index in [1.807, 2.05) is 11.4 Å². The summed E-state index contributed by atoms with van der Waals surface area (Å²) in [7, 11) is 0. The standard InChI is InChI=1S/C13H17N3O2S/c14-4-1-2-10-6-12(19-9-10)7-15-13(17)16-11-3-5-18-8-11/h6,9,11H,3-5,7-8,14H2,(H2,15,16,17). The maximum absolute atomic E-state index is 11.6. The molecular formula is C13H17N3O2S. The molecule has 1 aromatic rings. The van der Waals surface area contributed by atoms with E-state index in [-0.39, 0.29) is 12.1 Å². The number of ether oxygens (including phenoxy) is 1. The first-order valence-corrected chi connectivity index (χ1v) is 7.04. The van der Waals surface area contributed by atoms with Crippen molar-refractivity contribution in [1.29, 1.82) is 0 Å². The largest absolute Gasteiger partial charge is 0.379 e. The Labute approximate surface area is 116 Å². The zero-order valence-corrected chi connectivity index (χ0v) is 11.4. The van der Waals surface area contributed by atoms with E-state index < -0.39 is 0 Å². The Morgan fingerprint density at radius 2 is 2.53 bits per heavy atom. The zero-order valence-electron chi connectivity index (χ0n) is 10.6. The molecule has 1 saturated heterocycles. The average Bonchev–Trinajstić information content (AvgIpc) is 3.05. The van der Waals surface area contributed by atoms with Crippen LogP contribution in [-0.2, 0) is 11.3 Å². The van der Waals surface area contributed by atoms with Crippen LogP contribution >= 0.6 is 11.3 Å². The van der Waals surface area contributed by atoms with Gasteiger partial charge in [-0.05, 0) is 12.5 Å². The van der Waals surface area contributed by atoms with Gasteiger partial charge in [-0.25, -0.2) is 4.79 Å². The lowest BCUT2D eigenvalue weighted by molar-refractivity contribution is 0.188. The molecule has 1 atom stereocenters. The van der Waals surface area contributed by atoms with Gasteiger partial charge in [-0.3, -0.25) is 0 Å². The maximum Gasteiger partial charge on any atom is 0.315 e. The molecule has 2 heterocycles. The second-order valence-corrected chi connectivity index (χ2v) is 5.19. The number of hydrogen-bond acceptors (Lipinski definition) is 4. The number of carbonyl (C=O) groups is 1. The number of urea groups is 1. The second kappa shape index (κ2) is 7.14. The van der Waals surface area contributed by atoms with Crippen LogP contribution in [0, 0.1) is 11.8 Å². The van der Waals surface area contributed by atoms with Gasteiger partial charge in [0.05, 0.1) is 25.7 Å². The third-order valence-electron chi connectivity index (χ3n) is 2.68. The van der Waals surface area contributed by atoms with Gasteiger partial charge in [-0.1, -0.05) is 11.8 Å². The number of nitrogens with one attached hydrogen (secondary N) is 2. The van der Waals surface area contributed by atoms with Crippen LogP contribution in [0.5, 0.6) is 0 Å². The molecule has 1 fully saturated rings. The number of thiophene rings is 1. The number of nitrogens with two attached hydrogens (primary N) is 1. The van der Waals surface area contributed by atoms with Gasteiger partial charge in [0.1, 0.15) is 0 Å². The van der Waals surface area contributed by atoms with Crippen molar-refractivity contribution in [1.82, 2.24) is 10.6 Å². The molecule has 5 nitrogen and oxygen atoms in total. The minimum atomic E-state index is -0.154. The molecule has 0 saturated carbocycles. The van der Waals surface area contributed by atoms with Crippen molar-refractivity contribution in [3.8, 4) is 11.8 Å². The first kappa shape index (κ1) is 13.9. The Kier molecular flexibility index (Phi) is 5.21. The summed E-state index contributed by atoms with van der Waals surface area (Å²) in [6.07, 6.45) is 0.880. The molecule has 0 spiro atoms. The fourth-order valence-electron chi connectivity index (χ4n) is 1.74. The van der Waals surface area contributed by atoms with Crippen molar-refractivity contribution in [2.24, 2.45) is 5.73 Å². The monoisotopic (exact) mass is 279 g/mol.